The molecule has 6 heterocycles. The van der Waals surface area contributed by atoms with Crippen LogP contribution < -0.4 is 10.2 Å². The predicted octanol–water partition coefficient (Wildman–Crippen LogP) is 5.22. The molecule has 1 amide bonds. The van der Waals surface area contributed by atoms with Crippen molar-refractivity contribution in [2.75, 3.05) is 43.5 Å². The topological polar surface area (TPSA) is 142 Å². The van der Waals surface area contributed by atoms with Crippen LogP contribution in [0.25, 0.3) is 22.0 Å². The van der Waals surface area contributed by atoms with E-state index in [1.807, 2.05) is 53.5 Å². The number of aromatic carboxylic acids is 1. The highest BCUT2D eigenvalue weighted by Gasteiger charge is 2.24. The molecular formula is C35H38N8O4. The summed E-state index contributed by atoms with van der Waals surface area (Å²) in [6.45, 7) is 3.79. The van der Waals surface area contributed by atoms with Gasteiger partial charge in [-0.3, -0.25) is 14.4 Å². The average Bonchev–Trinajstić information content (AvgIpc) is 3.85. The maximum absolute atomic E-state index is 13.0. The molecule has 2 aliphatic rings. The molecule has 3 N–H and O–H groups in total. The summed E-state index contributed by atoms with van der Waals surface area (Å²) in [7, 11) is 2.15. The number of fused-ring (bicyclic) bond motifs is 1. The van der Waals surface area contributed by atoms with Crippen molar-refractivity contribution in [3.8, 4) is 11.1 Å². The minimum Gasteiger partial charge on any atom is -0.477 e. The van der Waals surface area contributed by atoms with Crippen LogP contribution in [0.4, 0.5) is 11.6 Å². The quantitative estimate of drug-likeness (QED) is 0.188. The highest BCUT2D eigenvalue weighted by atomic mass is 16.5. The molecule has 0 spiro atoms. The van der Waals surface area contributed by atoms with Crippen LogP contribution in [0.5, 0.6) is 0 Å². The number of benzene rings is 1. The molecule has 0 unspecified atom stereocenters. The van der Waals surface area contributed by atoms with E-state index < -0.39 is 5.97 Å². The first-order valence-electron chi connectivity index (χ1n) is 16.1. The second kappa shape index (κ2) is 13.3. The van der Waals surface area contributed by atoms with Crippen molar-refractivity contribution in [2.45, 2.75) is 44.4 Å². The number of amides is 1. The number of pyridine rings is 2. The van der Waals surface area contributed by atoms with E-state index in [1.54, 1.807) is 12.3 Å². The van der Waals surface area contributed by atoms with E-state index in [9.17, 15) is 14.7 Å². The highest BCUT2D eigenvalue weighted by molar-refractivity contribution is 6.04. The monoisotopic (exact) mass is 634 g/mol. The number of carboxylic acids is 1. The Morgan fingerprint density at radius 3 is 2.62 bits per heavy atom. The summed E-state index contributed by atoms with van der Waals surface area (Å²) in [5.41, 5.74) is 4.69. The number of aromatic nitrogens is 5. The third-order valence-electron chi connectivity index (χ3n) is 9.15. The summed E-state index contributed by atoms with van der Waals surface area (Å²) in [6.07, 6.45) is 9.77. The molecule has 242 valence electrons. The van der Waals surface area contributed by atoms with Gasteiger partial charge in [-0.1, -0.05) is 18.2 Å². The Bertz CT molecular complexity index is 1880. The van der Waals surface area contributed by atoms with E-state index >= 15 is 0 Å². The van der Waals surface area contributed by atoms with Gasteiger partial charge in [0.15, 0.2) is 5.69 Å². The number of piperidine rings is 1. The molecule has 47 heavy (non-hydrogen) atoms. The number of carbonyl (C=O) groups is 2. The maximum Gasteiger partial charge on any atom is 0.354 e. The van der Waals surface area contributed by atoms with E-state index in [-0.39, 0.29) is 17.7 Å². The van der Waals surface area contributed by atoms with Crippen LogP contribution in [-0.2, 0) is 11.3 Å². The Labute approximate surface area is 272 Å². The van der Waals surface area contributed by atoms with Gasteiger partial charge in [-0.25, -0.2) is 14.8 Å². The molecular weight excluding hydrogens is 596 g/mol. The second-order valence-corrected chi connectivity index (χ2v) is 12.3. The van der Waals surface area contributed by atoms with Crippen molar-refractivity contribution >= 4 is 34.4 Å². The zero-order chi connectivity index (χ0) is 32.3. The molecule has 12 nitrogen and oxygen atoms in total. The molecule has 0 radical (unpaired) electrons. The lowest BCUT2D eigenvalue weighted by atomic mass is 10.1. The number of hydrogen-bond acceptors (Lipinski definition) is 8. The number of H-pyrrole nitrogens is 1. The lowest BCUT2D eigenvalue weighted by molar-refractivity contribution is 0.0310. The number of aromatic amines is 1. The van der Waals surface area contributed by atoms with Crippen molar-refractivity contribution in [2.24, 2.45) is 0 Å². The predicted molar refractivity (Wildman–Crippen MR) is 179 cm³/mol. The number of nitrogens with zero attached hydrogens (tertiary/aromatic N) is 6. The van der Waals surface area contributed by atoms with Crippen molar-refractivity contribution in [3.63, 3.8) is 0 Å². The van der Waals surface area contributed by atoms with Crippen LogP contribution in [0.15, 0.2) is 73.2 Å². The van der Waals surface area contributed by atoms with E-state index in [4.69, 9.17) is 4.74 Å². The molecule has 1 aromatic carbocycles. The number of carboxylic acid groups (broad SMARTS) is 1. The van der Waals surface area contributed by atoms with Crippen LogP contribution in [0.2, 0.25) is 0 Å². The fraction of sp³-hybridized carbons (Fsp3) is 0.343. The average molecular weight is 635 g/mol. The molecule has 0 aliphatic carbocycles. The third kappa shape index (κ3) is 6.88. The number of hydrogen-bond donors (Lipinski definition) is 3. The lowest BCUT2D eigenvalue weighted by Gasteiger charge is -2.32. The molecule has 0 saturated carbocycles. The molecule has 5 aromatic rings. The van der Waals surface area contributed by atoms with Gasteiger partial charge in [-0.15, -0.1) is 0 Å². The first-order chi connectivity index (χ1) is 22.9. The zero-order valence-electron chi connectivity index (χ0n) is 26.3. The number of nitrogens with one attached hydrogen (secondary N) is 2. The maximum atomic E-state index is 13.0. The van der Waals surface area contributed by atoms with Gasteiger partial charge in [0.2, 0.25) is 0 Å². The molecule has 2 aliphatic heterocycles. The highest BCUT2D eigenvalue weighted by Crippen LogP contribution is 2.32. The first kappa shape index (κ1) is 30.6. The molecule has 7 rings (SSSR count). The van der Waals surface area contributed by atoms with Crippen molar-refractivity contribution in [3.05, 3.63) is 90.1 Å². The summed E-state index contributed by atoms with van der Waals surface area (Å²) in [4.78, 5) is 41.0. The van der Waals surface area contributed by atoms with Crippen LogP contribution >= 0.6 is 0 Å². The summed E-state index contributed by atoms with van der Waals surface area (Å²) < 4.78 is 8.00. The van der Waals surface area contributed by atoms with Crippen molar-refractivity contribution in [1.29, 1.82) is 0 Å². The minimum absolute atomic E-state index is 0.0564. The molecule has 12 heteroatoms. The minimum atomic E-state index is -1.02. The van der Waals surface area contributed by atoms with E-state index in [0.29, 0.717) is 36.4 Å². The molecule has 1 atom stereocenters. The lowest BCUT2D eigenvalue weighted by Crippen LogP contribution is -2.38. The Morgan fingerprint density at radius 1 is 1.02 bits per heavy atom. The Balaban J connectivity index is 0.885. The van der Waals surface area contributed by atoms with Crippen LogP contribution in [-0.4, -0.2) is 86.0 Å². The SMILES string of the molecule is CN1CCC[C@@H]1c1cc2cnc(NC(=O)c3ccc(-c4cnn(CCOC5CCN(c6cccc(C(=O)O)n6)CC5)c4)cc3)cc2[nH]1. The largest absolute Gasteiger partial charge is 0.477 e. The standard InChI is InChI=1S/C35H38N8O4/c1-41-13-3-5-31(41)30-18-25-20-36-32(19-29(25)38-30)40-34(44)24-9-7-23(8-10-24)26-21-37-43(22-26)16-17-47-27-11-14-42(15-12-27)33-6-2-4-28(39-33)35(45)46/h2,4,6-10,18-22,27,31,38H,3,5,11-17H2,1H3,(H,45,46)(H,36,40,44)/t31-/m1/s1. The van der Waals surface area contributed by atoms with Crippen LogP contribution in [0, 0.1) is 0 Å². The summed E-state index contributed by atoms with van der Waals surface area (Å²) in [6, 6.07) is 17.0. The Hall–Kier alpha value is -5.07. The Morgan fingerprint density at radius 2 is 1.85 bits per heavy atom. The number of anilines is 2. The normalized spacial score (nSPS) is 17.4. The number of rotatable bonds is 10. The van der Waals surface area contributed by atoms with Crippen LogP contribution in [0.1, 0.15) is 58.3 Å². The number of likely N-dealkylation sites (tertiary alicyclic amines) is 1. The van der Waals surface area contributed by atoms with E-state index in [1.165, 1.54) is 18.2 Å². The van der Waals surface area contributed by atoms with Crippen molar-refractivity contribution < 1.29 is 19.4 Å². The summed E-state index contributed by atoms with van der Waals surface area (Å²) in [5.74, 6) is -0.0355. The molecule has 0 bridgehead atoms. The first-order valence-corrected chi connectivity index (χ1v) is 16.1. The van der Waals surface area contributed by atoms with Gasteiger partial charge in [-0.2, -0.15) is 5.10 Å². The van der Waals surface area contributed by atoms with Gasteiger partial charge in [0.1, 0.15) is 11.6 Å². The van der Waals surface area contributed by atoms with E-state index in [2.05, 4.69) is 48.3 Å². The number of carbonyl (C=O) groups excluding carboxylic acids is 1. The van der Waals surface area contributed by atoms with Gasteiger partial charge < -0.3 is 25.0 Å². The second-order valence-electron chi connectivity index (χ2n) is 12.3. The molecule has 2 fully saturated rings. The van der Waals surface area contributed by atoms with Gasteiger partial charge in [-0.05, 0) is 75.2 Å². The Kier molecular flexibility index (Phi) is 8.68. The third-order valence-corrected chi connectivity index (χ3v) is 9.15. The van der Waals surface area contributed by atoms with Gasteiger partial charge in [0.05, 0.1) is 31.0 Å². The summed E-state index contributed by atoms with van der Waals surface area (Å²) >= 11 is 0. The fourth-order valence-corrected chi connectivity index (χ4v) is 6.52. The van der Waals surface area contributed by atoms with Crippen molar-refractivity contribution in [1.82, 2.24) is 29.6 Å². The smallest absolute Gasteiger partial charge is 0.354 e. The van der Waals surface area contributed by atoms with Gasteiger partial charge in [0.25, 0.3) is 5.91 Å². The van der Waals surface area contributed by atoms with Gasteiger partial charge in [0, 0.05) is 59.8 Å². The number of ether oxygens (including phenoxy) is 1. The van der Waals surface area contributed by atoms with Crippen LogP contribution in [0.3, 0.4) is 0 Å². The van der Waals surface area contributed by atoms with Gasteiger partial charge >= 0.3 is 5.97 Å². The van der Waals surface area contributed by atoms with E-state index in [0.717, 1.165) is 60.9 Å². The molecule has 2 saturated heterocycles. The zero-order valence-corrected chi connectivity index (χ0v) is 26.3. The fourth-order valence-electron chi connectivity index (χ4n) is 6.52. The summed E-state index contributed by atoms with van der Waals surface area (Å²) in [5, 5.41) is 17.7. The molecule has 4 aromatic heterocycles.